The Labute approximate surface area is 181 Å². The van der Waals surface area contributed by atoms with Crippen LogP contribution in [0.15, 0.2) is 41.0 Å². The van der Waals surface area contributed by atoms with Crippen LogP contribution in [0.2, 0.25) is 5.02 Å². The first-order chi connectivity index (χ1) is 13.6. The highest BCUT2D eigenvalue weighted by molar-refractivity contribution is 6.55. The van der Waals surface area contributed by atoms with E-state index in [1.54, 1.807) is 19.1 Å². The first-order valence-corrected chi connectivity index (χ1v) is 9.64. The van der Waals surface area contributed by atoms with E-state index >= 15 is 0 Å². The normalized spacial score (nSPS) is 12.3. The van der Waals surface area contributed by atoms with Crippen LogP contribution in [0, 0.1) is 6.92 Å². The molecule has 0 saturated carbocycles. The zero-order valence-corrected chi connectivity index (χ0v) is 17.8. The highest BCUT2D eigenvalue weighted by atomic mass is 35.5. The Morgan fingerprint density at radius 2 is 2.00 bits per heavy atom. The van der Waals surface area contributed by atoms with Crippen LogP contribution in [-0.4, -0.2) is 17.8 Å². The third-order valence-corrected chi connectivity index (χ3v) is 4.31. The quantitative estimate of drug-likeness (QED) is 0.423. The summed E-state index contributed by atoms with van der Waals surface area (Å²) in [4.78, 5) is 3.79. The minimum Gasteiger partial charge on any atom is -0.489 e. The summed E-state index contributed by atoms with van der Waals surface area (Å²) >= 11 is 17.4. The summed E-state index contributed by atoms with van der Waals surface area (Å²) in [6, 6.07) is 5.52. The molecule has 0 spiro atoms. The lowest BCUT2D eigenvalue weighted by molar-refractivity contribution is -0.137. The first-order valence-electron chi connectivity index (χ1n) is 8.50. The molecule has 0 aliphatic heterocycles. The average Bonchev–Trinajstić information content (AvgIpc) is 2.63. The van der Waals surface area contributed by atoms with Gasteiger partial charge in [0.2, 0.25) is 0 Å². The number of aryl methyl sites for hydroxylation is 1. The molecule has 2 aromatic rings. The van der Waals surface area contributed by atoms with Crippen molar-refractivity contribution in [2.24, 2.45) is 0 Å². The molecule has 0 radical (unpaired) electrons. The molecule has 0 amide bonds. The Morgan fingerprint density at radius 3 is 2.52 bits per heavy atom. The molecule has 1 aromatic carbocycles. The van der Waals surface area contributed by atoms with E-state index in [1.165, 1.54) is 12.1 Å². The van der Waals surface area contributed by atoms with Gasteiger partial charge >= 0.3 is 6.18 Å². The number of halogens is 6. The molecular formula is C19H18Cl3F3N2O2. The zero-order valence-electron chi connectivity index (χ0n) is 15.5. The number of anilines is 1. The van der Waals surface area contributed by atoms with E-state index in [2.05, 4.69) is 10.3 Å². The molecule has 4 nitrogen and oxygen atoms in total. The number of nitrogens with one attached hydrogen (secondary N) is 1. The van der Waals surface area contributed by atoms with Crippen molar-refractivity contribution in [1.82, 2.24) is 4.98 Å². The summed E-state index contributed by atoms with van der Waals surface area (Å²) in [5.74, 6) is 1.19. The second-order valence-electron chi connectivity index (χ2n) is 5.94. The maximum Gasteiger partial charge on any atom is 0.417 e. The lowest BCUT2D eigenvalue weighted by atomic mass is 10.2. The fourth-order valence-electron chi connectivity index (χ4n) is 2.30. The van der Waals surface area contributed by atoms with Gasteiger partial charge in [-0.3, -0.25) is 0 Å². The molecule has 1 atom stereocenters. The van der Waals surface area contributed by atoms with Crippen molar-refractivity contribution in [3.8, 4) is 11.5 Å². The van der Waals surface area contributed by atoms with Crippen LogP contribution >= 0.6 is 34.8 Å². The lowest BCUT2D eigenvalue weighted by Gasteiger charge is -2.22. The zero-order chi connectivity index (χ0) is 21.6. The van der Waals surface area contributed by atoms with Gasteiger partial charge in [-0.2, -0.15) is 13.2 Å². The lowest BCUT2D eigenvalue weighted by Crippen LogP contribution is -2.26. The number of hydrogen-bond donors (Lipinski definition) is 1. The van der Waals surface area contributed by atoms with Gasteiger partial charge in [-0.15, -0.1) is 0 Å². The van der Waals surface area contributed by atoms with Crippen molar-refractivity contribution >= 4 is 40.6 Å². The second-order valence-corrected chi connectivity index (χ2v) is 7.36. The Kier molecular flexibility index (Phi) is 8.31. The summed E-state index contributed by atoms with van der Waals surface area (Å²) in [5.41, 5.74) is -0.106. The van der Waals surface area contributed by atoms with Crippen molar-refractivity contribution in [1.29, 1.82) is 0 Å². The van der Waals surface area contributed by atoms with Gasteiger partial charge < -0.3 is 14.8 Å². The molecule has 2 rings (SSSR count). The maximum atomic E-state index is 12.6. The smallest absolute Gasteiger partial charge is 0.417 e. The Balaban J connectivity index is 2.09. The summed E-state index contributed by atoms with van der Waals surface area (Å²) in [7, 11) is 0. The van der Waals surface area contributed by atoms with E-state index in [0.717, 1.165) is 12.3 Å². The molecule has 0 aliphatic rings. The molecule has 0 saturated heterocycles. The number of ether oxygens (including phenoxy) is 2. The Bertz CT molecular complexity index is 832. The van der Waals surface area contributed by atoms with Crippen molar-refractivity contribution in [3.05, 3.63) is 57.2 Å². The van der Waals surface area contributed by atoms with Crippen molar-refractivity contribution in [3.63, 3.8) is 0 Å². The molecule has 1 unspecified atom stereocenters. The van der Waals surface area contributed by atoms with E-state index < -0.39 is 18.0 Å². The molecule has 1 N–H and O–H groups in total. The summed E-state index contributed by atoms with van der Waals surface area (Å²) in [6.07, 6.45) is -2.23. The molecule has 0 bridgehead atoms. The number of alkyl halides is 3. The SMILES string of the molecule is CCC(Nc1ccc(C(F)(F)F)cn1)Oc1c(C)cc(OCC=C(Cl)Cl)cc1Cl. The minimum atomic E-state index is -4.44. The predicted octanol–water partition coefficient (Wildman–Crippen LogP) is 6.99. The van der Waals surface area contributed by atoms with Crippen LogP contribution in [0.4, 0.5) is 19.0 Å². The molecule has 0 fully saturated rings. The average molecular weight is 470 g/mol. The fraction of sp³-hybridized carbons (Fsp3) is 0.316. The largest absolute Gasteiger partial charge is 0.489 e. The highest BCUT2D eigenvalue weighted by Crippen LogP contribution is 2.34. The van der Waals surface area contributed by atoms with E-state index in [4.69, 9.17) is 44.3 Å². The van der Waals surface area contributed by atoms with Crippen LogP contribution in [0.5, 0.6) is 11.5 Å². The summed E-state index contributed by atoms with van der Waals surface area (Å²) in [5, 5.41) is 3.26. The van der Waals surface area contributed by atoms with Crippen molar-refractivity contribution < 1.29 is 22.6 Å². The molecule has 0 aliphatic carbocycles. The summed E-state index contributed by atoms with van der Waals surface area (Å²) in [6.45, 7) is 3.82. The minimum absolute atomic E-state index is 0.0986. The standard InChI is InChI=1S/C19H18Cl3F3N2O2/c1-3-17(27-16-5-4-12(10-26-16)19(23,24)25)29-18-11(2)8-13(9-14(18)20)28-7-6-15(21)22/h4-6,8-10,17H,3,7H2,1-2H3,(H,26,27). The van der Waals surface area contributed by atoms with Gasteiger partial charge in [0.05, 0.1) is 10.6 Å². The predicted molar refractivity (Wildman–Crippen MR) is 109 cm³/mol. The molecule has 1 aromatic heterocycles. The van der Waals surface area contributed by atoms with Gasteiger partial charge in [0.25, 0.3) is 0 Å². The number of aromatic nitrogens is 1. The van der Waals surface area contributed by atoms with Crippen LogP contribution in [0.1, 0.15) is 24.5 Å². The van der Waals surface area contributed by atoms with Gasteiger partial charge in [-0.05, 0) is 36.8 Å². The van der Waals surface area contributed by atoms with Crippen LogP contribution < -0.4 is 14.8 Å². The maximum absolute atomic E-state index is 12.6. The molecule has 29 heavy (non-hydrogen) atoms. The fourth-order valence-corrected chi connectivity index (χ4v) is 2.73. The molecule has 10 heteroatoms. The number of nitrogens with zero attached hydrogens (tertiary/aromatic N) is 1. The van der Waals surface area contributed by atoms with Gasteiger partial charge in [-0.1, -0.05) is 41.7 Å². The van der Waals surface area contributed by atoms with Crippen LogP contribution in [0.25, 0.3) is 0 Å². The van der Waals surface area contributed by atoms with Gasteiger partial charge in [0, 0.05) is 18.7 Å². The molecule has 1 heterocycles. The van der Waals surface area contributed by atoms with Gasteiger partial charge in [0.15, 0.2) is 6.23 Å². The Morgan fingerprint density at radius 1 is 1.28 bits per heavy atom. The number of rotatable bonds is 8. The molecular weight excluding hydrogens is 452 g/mol. The first kappa shape index (κ1) is 23.4. The topological polar surface area (TPSA) is 43.4 Å². The number of pyridine rings is 1. The second kappa shape index (κ2) is 10.3. The van der Waals surface area contributed by atoms with E-state index in [-0.39, 0.29) is 16.9 Å². The van der Waals surface area contributed by atoms with Gasteiger partial charge in [-0.25, -0.2) is 4.98 Å². The van der Waals surface area contributed by atoms with Gasteiger partial charge in [0.1, 0.15) is 28.4 Å². The summed E-state index contributed by atoms with van der Waals surface area (Å²) < 4.78 is 49.4. The Hall–Kier alpha value is -1.83. The van der Waals surface area contributed by atoms with E-state index in [9.17, 15) is 13.2 Å². The van der Waals surface area contributed by atoms with E-state index in [0.29, 0.717) is 28.5 Å². The van der Waals surface area contributed by atoms with Crippen LogP contribution in [-0.2, 0) is 6.18 Å². The third kappa shape index (κ3) is 7.17. The number of hydrogen-bond acceptors (Lipinski definition) is 4. The van der Waals surface area contributed by atoms with Crippen LogP contribution in [0.3, 0.4) is 0 Å². The monoisotopic (exact) mass is 468 g/mol. The molecule has 158 valence electrons. The third-order valence-electron chi connectivity index (χ3n) is 3.72. The number of benzene rings is 1. The van der Waals surface area contributed by atoms with E-state index in [1.807, 2.05) is 6.92 Å². The highest BCUT2D eigenvalue weighted by Gasteiger charge is 2.30. The van der Waals surface area contributed by atoms with Crippen molar-refractivity contribution in [2.45, 2.75) is 32.7 Å². The van der Waals surface area contributed by atoms with Crippen molar-refractivity contribution in [2.75, 3.05) is 11.9 Å².